The van der Waals surface area contributed by atoms with Gasteiger partial charge in [0.05, 0.1) is 10.2 Å². The summed E-state index contributed by atoms with van der Waals surface area (Å²) in [7, 11) is 0. The molecule has 2 heterocycles. The highest BCUT2D eigenvalue weighted by molar-refractivity contribution is 7.22. The molecule has 1 aliphatic carbocycles. The summed E-state index contributed by atoms with van der Waals surface area (Å²) in [6.07, 6.45) is 1.06. The minimum atomic E-state index is -0.775. The molecule has 2 N–H and O–H groups in total. The summed E-state index contributed by atoms with van der Waals surface area (Å²) in [6.45, 7) is 2.01. The first-order valence-corrected chi connectivity index (χ1v) is 10.5. The van der Waals surface area contributed by atoms with Crippen molar-refractivity contribution in [3.05, 3.63) is 70.9 Å². The average molecular weight is 424 g/mol. The van der Waals surface area contributed by atoms with E-state index >= 15 is 0 Å². The van der Waals surface area contributed by atoms with E-state index < -0.39 is 17.7 Å². The van der Waals surface area contributed by atoms with E-state index in [1.807, 2.05) is 31.2 Å². The third kappa shape index (κ3) is 3.47. The van der Waals surface area contributed by atoms with E-state index in [0.717, 1.165) is 22.0 Å². The maximum atomic E-state index is 13.9. The van der Waals surface area contributed by atoms with Crippen molar-refractivity contribution in [3.63, 3.8) is 0 Å². The molecule has 30 heavy (non-hydrogen) atoms. The highest BCUT2D eigenvalue weighted by Crippen LogP contribution is 2.38. The largest absolute Gasteiger partial charge is 0.329 e. The number of nitrogens with zero attached hydrogens (tertiary/aromatic N) is 2. The van der Waals surface area contributed by atoms with Crippen LogP contribution in [0.15, 0.2) is 58.7 Å². The molecule has 2 aromatic carbocycles. The lowest BCUT2D eigenvalue weighted by molar-refractivity contribution is -0.117. The maximum absolute atomic E-state index is 13.9. The van der Waals surface area contributed by atoms with Crippen LogP contribution in [0.1, 0.15) is 31.4 Å². The lowest BCUT2D eigenvalue weighted by Crippen LogP contribution is -2.39. The van der Waals surface area contributed by atoms with Crippen LogP contribution in [0.4, 0.5) is 13.9 Å². The van der Waals surface area contributed by atoms with Crippen molar-refractivity contribution in [3.8, 4) is 0 Å². The van der Waals surface area contributed by atoms with Crippen LogP contribution in [0.2, 0.25) is 0 Å². The molecule has 2 atom stereocenters. The van der Waals surface area contributed by atoms with E-state index in [-0.39, 0.29) is 11.7 Å². The normalized spacial score (nSPS) is 21.3. The Bertz CT molecular complexity index is 1180. The average Bonchev–Trinajstić information content (AvgIpc) is 3.08. The summed E-state index contributed by atoms with van der Waals surface area (Å²) in [5, 5.41) is 7.03. The van der Waals surface area contributed by atoms with Gasteiger partial charge in [-0.05, 0) is 42.2 Å². The van der Waals surface area contributed by atoms with Gasteiger partial charge in [-0.3, -0.25) is 4.79 Å². The fourth-order valence-electron chi connectivity index (χ4n) is 3.99. The number of nitrogens with one attached hydrogen (secondary N) is 2. The number of carbonyl (C=O) groups excluding carboxylic acids is 1. The number of guanidine groups is 1. The zero-order valence-corrected chi connectivity index (χ0v) is 16.9. The molecule has 0 unspecified atom stereocenters. The molecule has 1 aliphatic heterocycles. The van der Waals surface area contributed by atoms with Gasteiger partial charge >= 0.3 is 0 Å². The van der Waals surface area contributed by atoms with Gasteiger partial charge in [0.1, 0.15) is 17.7 Å². The van der Waals surface area contributed by atoms with Gasteiger partial charge in [-0.25, -0.2) is 18.8 Å². The number of carbonyl (C=O) groups is 1. The number of para-hydroxylation sites is 1. The predicted molar refractivity (Wildman–Crippen MR) is 113 cm³/mol. The fourth-order valence-corrected chi connectivity index (χ4v) is 4.86. The third-order valence-electron chi connectivity index (χ3n) is 5.23. The molecule has 2 aliphatic rings. The smallest absolute Gasteiger partial charge is 0.202 e. The Morgan fingerprint density at radius 3 is 2.67 bits per heavy atom. The van der Waals surface area contributed by atoms with Crippen molar-refractivity contribution in [2.24, 2.45) is 10.9 Å². The second-order valence-corrected chi connectivity index (χ2v) is 8.68. The van der Waals surface area contributed by atoms with Gasteiger partial charge in [-0.15, -0.1) is 0 Å². The molecule has 5 rings (SSSR count). The lowest BCUT2D eigenvalue weighted by Gasteiger charge is -2.32. The van der Waals surface area contributed by atoms with E-state index in [1.54, 1.807) is 0 Å². The zero-order valence-electron chi connectivity index (χ0n) is 16.1. The van der Waals surface area contributed by atoms with E-state index in [2.05, 4.69) is 20.6 Å². The SMILES string of the molecule is C[C@H]1CC(=O)C2=C(C1)NC(Nc1nc3ccccc3s1)=N[C@@H]2c1cc(F)cc(F)c1. The topological polar surface area (TPSA) is 66.4 Å². The van der Waals surface area contributed by atoms with Gasteiger partial charge in [-0.2, -0.15) is 0 Å². The maximum Gasteiger partial charge on any atom is 0.202 e. The number of ketones is 1. The highest BCUT2D eigenvalue weighted by Gasteiger charge is 2.35. The quantitative estimate of drug-likeness (QED) is 0.612. The molecule has 5 nitrogen and oxygen atoms in total. The second-order valence-electron chi connectivity index (χ2n) is 7.65. The number of allylic oxidation sites excluding steroid dienone is 1. The standard InChI is InChI=1S/C22H18F2N4OS/c1-11-6-16-19(17(29)7-11)20(12-8-13(23)10-14(24)9-12)27-21(25-16)28-22-26-15-4-2-3-5-18(15)30-22/h2-5,8-11,20H,6-7H2,1H3,(H2,25,26,27,28)/t11-,20-/m1/s1. The molecule has 0 spiro atoms. The number of fused-ring (bicyclic) bond motifs is 1. The molecular formula is C22H18F2N4OS. The molecule has 0 saturated carbocycles. The summed E-state index contributed by atoms with van der Waals surface area (Å²) in [6, 6.07) is 10.3. The number of halogens is 2. The first-order valence-electron chi connectivity index (χ1n) is 9.66. The van der Waals surface area contributed by atoms with Gasteiger partial charge in [0.2, 0.25) is 5.96 Å². The molecule has 0 radical (unpaired) electrons. The summed E-state index contributed by atoms with van der Waals surface area (Å²) in [5.41, 5.74) is 2.40. The van der Waals surface area contributed by atoms with Crippen molar-refractivity contribution in [1.29, 1.82) is 0 Å². The predicted octanol–water partition coefficient (Wildman–Crippen LogP) is 4.94. The van der Waals surface area contributed by atoms with Crippen LogP contribution >= 0.6 is 11.3 Å². The number of anilines is 1. The monoisotopic (exact) mass is 424 g/mol. The Kier molecular flexibility index (Phi) is 4.58. The fraction of sp³-hybridized carbons (Fsp3) is 0.227. The van der Waals surface area contributed by atoms with Crippen LogP contribution in [-0.2, 0) is 4.79 Å². The summed E-state index contributed by atoms with van der Waals surface area (Å²) < 4.78 is 28.8. The highest BCUT2D eigenvalue weighted by atomic mass is 32.1. The Labute approximate surface area is 175 Å². The number of hydrogen-bond acceptors (Lipinski definition) is 6. The zero-order chi connectivity index (χ0) is 20.8. The Morgan fingerprint density at radius 2 is 1.90 bits per heavy atom. The van der Waals surface area contributed by atoms with Crippen LogP contribution in [-0.4, -0.2) is 16.7 Å². The van der Waals surface area contributed by atoms with Gasteiger partial charge in [0, 0.05) is 23.8 Å². The molecule has 0 bridgehead atoms. The van der Waals surface area contributed by atoms with E-state index in [1.165, 1.54) is 23.5 Å². The van der Waals surface area contributed by atoms with Crippen LogP contribution < -0.4 is 10.6 Å². The summed E-state index contributed by atoms with van der Waals surface area (Å²) in [5.74, 6) is -0.857. The van der Waals surface area contributed by atoms with Crippen molar-refractivity contribution in [1.82, 2.24) is 10.3 Å². The van der Waals surface area contributed by atoms with Crippen molar-refractivity contribution in [2.45, 2.75) is 25.8 Å². The Hall–Kier alpha value is -3.13. The van der Waals surface area contributed by atoms with Crippen LogP contribution in [0.3, 0.4) is 0 Å². The Balaban J connectivity index is 1.55. The molecule has 8 heteroatoms. The number of hydrogen-bond donors (Lipinski definition) is 2. The second kappa shape index (κ2) is 7.28. The number of rotatable bonds is 2. The number of aromatic nitrogens is 1. The molecule has 1 aromatic heterocycles. The van der Waals surface area contributed by atoms with E-state index in [4.69, 9.17) is 0 Å². The number of aliphatic imine (C=N–C) groups is 1. The molecule has 0 amide bonds. The third-order valence-corrected chi connectivity index (χ3v) is 6.18. The van der Waals surface area contributed by atoms with Crippen LogP contribution in [0, 0.1) is 17.6 Å². The Morgan fingerprint density at radius 1 is 1.13 bits per heavy atom. The van der Waals surface area contributed by atoms with Crippen molar-refractivity contribution in [2.75, 3.05) is 5.32 Å². The minimum Gasteiger partial charge on any atom is -0.329 e. The number of thiazole rings is 1. The van der Waals surface area contributed by atoms with Gasteiger partial charge in [0.15, 0.2) is 10.9 Å². The number of benzene rings is 2. The van der Waals surface area contributed by atoms with Gasteiger partial charge < -0.3 is 10.6 Å². The summed E-state index contributed by atoms with van der Waals surface area (Å²) >= 11 is 1.48. The molecule has 3 aromatic rings. The minimum absolute atomic E-state index is 0.0475. The van der Waals surface area contributed by atoms with Gasteiger partial charge in [0.25, 0.3) is 0 Å². The lowest BCUT2D eigenvalue weighted by atomic mass is 9.81. The van der Waals surface area contributed by atoms with E-state index in [0.29, 0.717) is 35.1 Å². The van der Waals surface area contributed by atoms with Crippen LogP contribution in [0.25, 0.3) is 10.2 Å². The molecular weight excluding hydrogens is 406 g/mol. The van der Waals surface area contributed by atoms with Crippen molar-refractivity contribution >= 4 is 38.4 Å². The summed E-state index contributed by atoms with van der Waals surface area (Å²) in [4.78, 5) is 21.9. The van der Waals surface area contributed by atoms with Gasteiger partial charge in [-0.1, -0.05) is 30.4 Å². The first kappa shape index (κ1) is 18.9. The molecule has 152 valence electrons. The van der Waals surface area contributed by atoms with Crippen molar-refractivity contribution < 1.29 is 13.6 Å². The number of Topliss-reactive ketones (excluding diaryl/α,β-unsaturated/α-hetero) is 1. The van der Waals surface area contributed by atoms with E-state index in [9.17, 15) is 13.6 Å². The molecule has 0 saturated heterocycles. The first-order chi connectivity index (χ1) is 14.5. The molecule has 0 fully saturated rings. The van der Waals surface area contributed by atoms with Crippen LogP contribution in [0.5, 0.6) is 0 Å².